The van der Waals surface area contributed by atoms with Gasteiger partial charge in [0.25, 0.3) is 0 Å². The van der Waals surface area contributed by atoms with Crippen molar-refractivity contribution in [2.45, 2.75) is 17.9 Å². The van der Waals surface area contributed by atoms with Gasteiger partial charge in [0.2, 0.25) is 10.0 Å². The van der Waals surface area contributed by atoms with Crippen LogP contribution in [0.1, 0.15) is 6.42 Å². The first-order chi connectivity index (χ1) is 9.08. The molecular formula is C12H15N3O3S. The van der Waals surface area contributed by atoms with Gasteiger partial charge in [0.1, 0.15) is 5.75 Å². The average Bonchev–Trinajstić information content (AvgIpc) is 2.88. The summed E-state index contributed by atoms with van der Waals surface area (Å²) in [4.78, 5) is 3.97. The number of phenols is 1. The van der Waals surface area contributed by atoms with E-state index in [2.05, 4.69) is 9.71 Å². The van der Waals surface area contributed by atoms with E-state index in [0.717, 1.165) is 0 Å². The number of phenolic OH excluding ortho intramolecular Hbond substituents is 1. The zero-order valence-corrected chi connectivity index (χ0v) is 11.0. The van der Waals surface area contributed by atoms with Crippen LogP contribution < -0.4 is 4.72 Å². The van der Waals surface area contributed by atoms with Gasteiger partial charge in [0.05, 0.1) is 11.2 Å². The van der Waals surface area contributed by atoms with Crippen LogP contribution in [0.2, 0.25) is 0 Å². The lowest BCUT2D eigenvalue weighted by atomic mass is 10.3. The van der Waals surface area contributed by atoms with Crippen LogP contribution in [0, 0.1) is 0 Å². The van der Waals surface area contributed by atoms with E-state index >= 15 is 0 Å². The number of imidazole rings is 1. The van der Waals surface area contributed by atoms with Crippen LogP contribution in [0.4, 0.5) is 0 Å². The van der Waals surface area contributed by atoms with Crippen LogP contribution >= 0.6 is 0 Å². The number of aromatic hydroxyl groups is 1. The summed E-state index contributed by atoms with van der Waals surface area (Å²) in [5.74, 6) is -0.0682. The highest BCUT2D eigenvalue weighted by atomic mass is 32.2. The molecule has 0 unspecified atom stereocenters. The average molecular weight is 281 g/mol. The molecule has 2 rings (SSSR count). The number of hydrogen-bond acceptors (Lipinski definition) is 4. The molecule has 0 bridgehead atoms. The summed E-state index contributed by atoms with van der Waals surface area (Å²) in [5, 5.41) is 9.27. The Morgan fingerprint density at radius 3 is 2.89 bits per heavy atom. The van der Waals surface area contributed by atoms with Crippen molar-refractivity contribution in [1.29, 1.82) is 0 Å². The molecular weight excluding hydrogens is 266 g/mol. The third-order valence-corrected chi connectivity index (χ3v) is 4.03. The number of hydrogen-bond donors (Lipinski definition) is 2. The molecule has 0 fully saturated rings. The number of sulfonamides is 1. The summed E-state index contributed by atoms with van der Waals surface area (Å²) in [7, 11) is -3.56. The number of nitrogens with zero attached hydrogens (tertiary/aromatic N) is 2. The van der Waals surface area contributed by atoms with Gasteiger partial charge in [-0.25, -0.2) is 18.1 Å². The number of aromatic nitrogens is 2. The van der Waals surface area contributed by atoms with Gasteiger partial charge >= 0.3 is 0 Å². The molecule has 0 saturated heterocycles. The maximum atomic E-state index is 11.9. The molecule has 2 N–H and O–H groups in total. The highest BCUT2D eigenvalue weighted by Gasteiger charge is 2.13. The molecule has 1 heterocycles. The summed E-state index contributed by atoms with van der Waals surface area (Å²) >= 11 is 0. The fourth-order valence-corrected chi connectivity index (χ4v) is 2.73. The normalized spacial score (nSPS) is 11.6. The molecule has 19 heavy (non-hydrogen) atoms. The number of rotatable bonds is 6. The van der Waals surface area contributed by atoms with E-state index in [1.807, 2.05) is 10.8 Å². The molecule has 0 spiro atoms. The third-order valence-electron chi connectivity index (χ3n) is 2.57. The van der Waals surface area contributed by atoms with Crippen LogP contribution in [-0.4, -0.2) is 29.6 Å². The Bertz CT molecular complexity index is 623. The molecule has 0 amide bonds. The van der Waals surface area contributed by atoms with Gasteiger partial charge in [-0.05, 0) is 24.6 Å². The zero-order chi connectivity index (χ0) is 13.7. The number of nitrogens with one attached hydrogen (secondary N) is 1. The smallest absolute Gasteiger partial charge is 0.240 e. The van der Waals surface area contributed by atoms with Gasteiger partial charge in [0.15, 0.2) is 0 Å². The molecule has 1 aromatic carbocycles. The Kier molecular flexibility index (Phi) is 4.18. The molecule has 102 valence electrons. The van der Waals surface area contributed by atoms with Gasteiger partial charge in [-0.3, -0.25) is 0 Å². The molecule has 0 radical (unpaired) electrons. The van der Waals surface area contributed by atoms with E-state index in [-0.39, 0.29) is 10.6 Å². The third kappa shape index (κ3) is 3.80. The molecule has 2 aromatic rings. The van der Waals surface area contributed by atoms with Gasteiger partial charge < -0.3 is 9.67 Å². The largest absolute Gasteiger partial charge is 0.508 e. The summed E-state index contributed by atoms with van der Waals surface area (Å²) < 4.78 is 28.2. The van der Waals surface area contributed by atoms with Crippen molar-refractivity contribution in [1.82, 2.24) is 14.3 Å². The lowest BCUT2D eigenvalue weighted by Crippen LogP contribution is -2.25. The van der Waals surface area contributed by atoms with E-state index in [0.29, 0.717) is 19.5 Å². The van der Waals surface area contributed by atoms with Crippen molar-refractivity contribution < 1.29 is 13.5 Å². The number of aryl methyl sites for hydroxylation is 1. The quantitative estimate of drug-likeness (QED) is 0.772. The predicted molar refractivity (Wildman–Crippen MR) is 70.1 cm³/mol. The van der Waals surface area contributed by atoms with E-state index in [4.69, 9.17) is 0 Å². The molecule has 7 heteroatoms. The number of benzene rings is 1. The van der Waals surface area contributed by atoms with Crippen molar-refractivity contribution in [3.63, 3.8) is 0 Å². The van der Waals surface area contributed by atoms with Crippen molar-refractivity contribution in [3.05, 3.63) is 43.0 Å². The fourth-order valence-electron chi connectivity index (χ4n) is 1.62. The lowest BCUT2D eigenvalue weighted by molar-refractivity contribution is 0.473. The van der Waals surface area contributed by atoms with E-state index < -0.39 is 10.0 Å². The van der Waals surface area contributed by atoms with Crippen molar-refractivity contribution in [3.8, 4) is 5.75 Å². The Morgan fingerprint density at radius 1 is 1.37 bits per heavy atom. The second-order valence-corrected chi connectivity index (χ2v) is 5.82. The first-order valence-electron chi connectivity index (χ1n) is 5.82. The SMILES string of the molecule is O=S(=O)(NCCCn1ccnc1)c1cccc(O)c1. The highest BCUT2D eigenvalue weighted by Crippen LogP contribution is 2.15. The summed E-state index contributed by atoms with van der Waals surface area (Å²) in [5.41, 5.74) is 0. The lowest BCUT2D eigenvalue weighted by Gasteiger charge is -2.07. The molecule has 0 saturated carbocycles. The summed E-state index contributed by atoms with van der Waals surface area (Å²) in [6.07, 6.45) is 5.85. The molecule has 0 atom stereocenters. The van der Waals surface area contributed by atoms with Crippen LogP contribution in [0.15, 0.2) is 47.9 Å². The maximum absolute atomic E-state index is 11.9. The van der Waals surface area contributed by atoms with Crippen molar-refractivity contribution >= 4 is 10.0 Å². The Labute approximate surface area is 111 Å². The van der Waals surface area contributed by atoms with Crippen LogP contribution in [0.3, 0.4) is 0 Å². The van der Waals surface area contributed by atoms with Crippen LogP contribution in [0.5, 0.6) is 5.75 Å². The van der Waals surface area contributed by atoms with Crippen molar-refractivity contribution in [2.75, 3.05) is 6.54 Å². The van der Waals surface area contributed by atoms with Gasteiger partial charge in [-0.1, -0.05) is 6.07 Å². The van der Waals surface area contributed by atoms with Gasteiger partial charge in [-0.15, -0.1) is 0 Å². The maximum Gasteiger partial charge on any atom is 0.240 e. The van der Waals surface area contributed by atoms with Crippen LogP contribution in [-0.2, 0) is 16.6 Å². The van der Waals surface area contributed by atoms with E-state index in [1.165, 1.54) is 24.3 Å². The van der Waals surface area contributed by atoms with E-state index in [1.54, 1.807) is 12.5 Å². The standard InChI is InChI=1S/C12H15N3O3S/c16-11-3-1-4-12(9-11)19(17,18)14-5-2-7-15-8-6-13-10-15/h1,3-4,6,8-10,14,16H,2,5,7H2. The first-order valence-corrected chi connectivity index (χ1v) is 7.31. The van der Waals surface area contributed by atoms with Gasteiger partial charge in [0, 0.05) is 25.5 Å². The first kappa shape index (κ1) is 13.6. The van der Waals surface area contributed by atoms with Crippen molar-refractivity contribution in [2.24, 2.45) is 0 Å². The highest BCUT2D eigenvalue weighted by molar-refractivity contribution is 7.89. The molecule has 6 nitrogen and oxygen atoms in total. The topological polar surface area (TPSA) is 84.2 Å². The van der Waals surface area contributed by atoms with E-state index in [9.17, 15) is 13.5 Å². The minimum Gasteiger partial charge on any atom is -0.508 e. The second kappa shape index (κ2) is 5.85. The Balaban J connectivity index is 1.88. The monoisotopic (exact) mass is 281 g/mol. The Hall–Kier alpha value is -1.86. The van der Waals surface area contributed by atoms with Gasteiger partial charge in [-0.2, -0.15) is 0 Å². The second-order valence-electron chi connectivity index (χ2n) is 4.05. The minimum absolute atomic E-state index is 0.0649. The summed E-state index contributed by atoms with van der Waals surface area (Å²) in [6.45, 7) is 1.03. The molecule has 0 aliphatic heterocycles. The Morgan fingerprint density at radius 2 is 2.21 bits per heavy atom. The molecule has 0 aliphatic carbocycles. The fraction of sp³-hybridized carbons (Fsp3) is 0.250. The predicted octanol–water partition coefficient (Wildman–Crippen LogP) is 0.957. The minimum atomic E-state index is -3.56. The zero-order valence-electron chi connectivity index (χ0n) is 10.2. The molecule has 1 aromatic heterocycles. The molecule has 0 aliphatic rings. The summed E-state index contributed by atoms with van der Waals surface area (Å²) in [6, 6.07) is 5.59. The van der Waals surface area contributed by atoms with Crippen LogP contribution in [0.25, 0.3) is 0 Å².